The fourth-order valence-corrected chi connectivity index (χ4v) is 1.88. The maximum Gasteiger partial charge on any atom is 0.387 e. The second-order valence-corrected chi connectivity index (χ2v) is 4.44. The van der Waals surface area contributed by atoms with Crippen LogP contribution in [0.5, 0.6) is 5.75 Å². The van der Waals surface area contributed by atoms with Gasteiger partial charge in [-0.1, -0.05) is 12.1 Å². The first-order valence-electron chi connectivity index (χ1n) is 6.22. The van der Waals surface area contributed by atoms with Gasteiger partial charge in [-0.3, -0.25) is 0 Å². The monoisotopic (exact) mass is 299 g/mol. The number of anilines is 1. The van der Waals surface area contributed by atoms with Gasteiger partial charge in [0.1, 0.15) is 17.4 Å². The van der Waals surface area contributed by atoms with Crippen LogP contribution >= 0.6 is 0 Å². The summed E-state index contributed by atoms with van der Waals surface area (Å²) < 4.78 is 55.0. The van der Waals surface area contributed by atoms with Gasteiger partial charge >= 0.3 is 6.61 Å². The van der Waals surface area contributed by atoms with E-state index in [1.165, 1.54) is 18.2 Å². The summed E-state index contributed by atoms with van der Waals surface area (Å²) in [6.45, 7) is -1.18. The van der Waals surface area contributed by atoms with Crippen LogP contribution in [0.1, 0.15) is 18.5 Å². The summed E-state index contributed by atoms with van der Waals surface area (Å²) in [7, 11) is 0. The SMILES string of the molecule is CC(Nc1ccc(F)cc1F)c1cccc(OC(F)F)c1. The van der Waals surface area contributed by atoms with Gasteiger partial charge in [-0.15, -0.1) is 0 Å². The molecule has 0 saturated heterocycles. The summed E-state index contributed by atoms with van der Waals surface area (Å²) in [4.78, 5) is 0. The van der Waals surface area contributed by atoms with Gasteiger partial charge in [0.05, 0.1) is 5.69 Å². The van der Waals surface area contributed by atoms with Gasteiger partial charge in [-0.25, -0.2) is 8.78 Å². The number of rotatable bonds is 5. The third-order valence-electron chi connectivity index (χ3n) is 2.89. The molecule has 0 bridgehead atoms. The average Bonchev–Trinajstić information content (AvgIpc) is 2.41. The Bertz CT molecular complexity index is 618. The molecule has 0 aliphatic carbocycles. The molecule has 0 heterocycles. The number of nitrogens with one attached hydrogen (secondary N) is 1. The Kier molecular flexibility index (Phi) is 4.67. The Labute approximate surface area is 119 Å². The molecule has 1 atom stereocenters. The second kappa shape index (κ2) is 6.47. The van der Waals surface area contributed by atoms with Crippen molar-refractivity contribution in [1.29, 1.82) is 0 Å². The Balaban J connectivity index is 2.14. The fourth-order valence-electron chi connectivity index (χ4n) is 1.88. The van der Waals surface area contributed by atoms with E-state index in [2.05, 4.69) is 10.1 Å². The van der Waals surface area contributed by atoms with E-state index in [1.54, 1.807) is 19.1 Å². The van der Waals surface area contributed by atoms with Gasteiger partial charge in [0.2, 0.25) is 0 Å². The topological polar surface area (TPSA) is 21.3 Å². The molecule has 0 fully saturated rings. The van der Waals surface area contributed by atoms with E-state index >= 15 is 0 Å². The molecule has 0 spiro atoms. The van der Waals surface area contributed by atoms with Crippen molar-refractivity contribution in [1.82, 2.24) is 0 Å². The van der Waals surface area contributed by atoms with Crippen LogP contribution in [0.3, 0.4) is 0 Å². The zero-order chi connectivity index (χ0) is 15.4. The predicted molar refractivity (Wildman–Crippen MR) is 71.5 cm³/mol. The van der Waals surface area contributed by atoms with Crippen LogP contribution in [0, 0.1) is 11.6 Å². The third-order valence-corrected chi connectivity index (χ3v) is 2.89. The summed E-state index contributed by atoms with van der Waals surface area (Å²) in [5.74, 6) is -1.37. The zero-order valence-electron chi connectivity index (χ0n) is 11.1. The maximum absolute atomic E-state index is 13.6. The highest BCUT2D eigenvalue weighted by Crippen LogP contribution is 2.25. The van der Waals surface area contributed by atoms with Crippen LogP contribution in [0.2, 0.25) is 0 Å². The summed E-state index contributed by atoms with van der Waals surface area (Å²) in [6.07, 6.45) is 0. The van der Waals surface area contributed by atoms with E-state index in [9.17, 15) is 17.6 Å². The number of hydrogen-bond acceptors (Lipinski definition) is 2. The Morgan fingerprint density at radius 3 is 2.48 bits per heavy atom. The molecule has 0 radical (unpaired) electrons. The largest absolute Gasteiger partial charge is 0.435 e. The van der Waals surface area contributed by atoms with Crippen LogP contribution in [0.25, 0.3) is 0 Å². The molecular weight excluding hydrogens is 286 g/mol. The molecule has 6 heteroatoms. The summed E-state index contributed by atoms with van der Waals surface area (Å²) in [6, 6.07) is 8.90. The van der Waals surface area contributed by atoms with E-state index in [4.69, 9.17) is 0 Å². The van der Waals surface area contributed by atoms with Gasteiger partial charge < -0.3 is 10.1 Å². The molecule has 0 aliphatic rings. The first kappa shape index (κ1) is 15.2. The third kappa shape index (κ3) is 4.11. The van der Waals surface area contributed by atoms with Gasteiger partial charge in [-0.2, -0.15) is 8.78 Å². The smallest absolute Gasteiger partial charge is 0.387 e. The van der Waals surface area contributed by atoms with Crippen LogP contribution in [0.15, 0.2) is 42.5 Å². The normalized spacial score (nSPS) is 12.3. The van der Waals surface area contributed by atoms with E-state index in [1.807, 2.05) is 0 Å². The minimum atomic E-state index is -2.90. The quantitative estimate of drug-likeness (QED) is 0.805. The lowest BCUT2D eigenvalue weighted by Crippen LogP contribution is -2.09. The fraction of sp³-hybridized carbons (Fsp3) is 0.200. The molecule has 2 rings (SSSR count). The minimum Gasteiger partial charge on any atom is -0.435 e. The molecule has 0 aliphatic heterocycles. The van der Waals surface area contributed by atoms with Crippen molar-refractivity contribution in [3.05, 3.63) is 59.7 Å². The predicted octanol–water partition coefficient (Wildman–Crippen LogP) is 4.74. The van der Waals surface area contributed by atoms with Crippen molar-refractivity contribution in [3.8, 4) is 5.75 Å². The van der Waals surface area contributed by atoms with Crippen molar-refractivity contribution in [2.75, 3.05) is 5.32 Å². The Morgan fingerprint density at radius 2 is 1.81 bits per heavy atom. The molecule has 2 aromatic rings. The average molecular weight is 299 g/mol. The number of benzene rings is 2. The number of halogens is 4. The van der Waals surface area contributed by atoms with Crippen molar-refractivity contribution in [3.63, 3.8) is 0 Å². The van der Waals surface area contributed by atoms with Crippen molar-refractivity contribution in [2.45, 2.75) is 19.6 Å². The molecule has 0 aromatic heterocycles. The Morgan fingerprint density at radius 1 is 1.05 bits per heavy atom. The maximum atomic E-state index is 13.6. The molecule has 1 N–H and O–H groups in total. The Hall–Kier alpha value is -2.24. The standard InChI is InChI=1S/C15H13F4NO/c1-9(20-14-6-5-11(16)8-13(14)17)10-3-2-4-12(7-10)21-15(18)19/h2-9,15,20H,1H3. The highest BCUT2D eigenvalue weighted by molar-refractivity contribution is 5.47. The van der Waals surface area contributed by atoms with Crippen molar-refractivity contribution in [2.24, 2.45) is 0 Å². The molecule has 2 nitrogen and oxygen atoms in total. The van der Waals surface area contributed by atoms with Gasteiger partial charge in [0, 0.05) is 12.1 Å². The van der Waals surface area contributed by atoms with E-state index in [-0.39, 0.29) is 17.5 Å². The van der Waals surface area contributed by atoms with Crippen LogP contribution < -0.4 is 10.1 Å². The lowest BCUT2D eigenvalue weighted by atomic mass is 10.1. The molecule has 2 aromatic carbocycles. The number of alkyl halides is 2. The van der Waals surface area contributed by atoms with Crippen LogP contribution in [-0.4, -0.2) is 6.61 Å². The van der Waals surface area contributed by atoms with Crippen molar-refractivity contribution < 1.29 is 22.3 Å². The van der Waals surface area contributed by atoms with E-state index < -0.39 is 18.2 Å². The lowest BCUT2D eigenvalue weighted by Gasteiger charge is -2.17. The second-order valence-electron chi connectivity index (χ2n) is 4.44. The van der Waals surface area contributed by atoms with Gasteiger partial charge in [0.15, 0.2) is 0 Å². The molecule has 1 unspecified atom stereocenters. The summed E-state index contributed by atoms with van der Waals surface area (Å²) in [5, 5.41) is 2.85. The van der Waals surface area contributed by atoms with Crippen LogP contribution in [-0.2, 0) is 0 Å². The zero-order valence-corrected chi connectivity index (χ0v) is 11.1. The minimum absolute atomic E-state index is 0.0238. The molecule has 112 valence electrons. The summed E-state index contributed by atoms with van der Waals surface area (Å²) >= 11 is 0. The van der Waals surface area contributed by atoms with E-state index in [0.29, 0.717) is 5.56 Å². The number of ether oxygens (including phenoxy) is 1. The molecule has 0 saturated carbocycles. The first-order valence-corrected chi connectivity index (χ1v) is 6.22. The lowest BCUT2D eigenvalue weighted by molar-refractivity contribution is -0.0498. The van der Waals surface area contributed by atoms with E-state index in [0.717, 1.165) is 12.1 Å². The first-order chi connectivity index (χ1) is 9.95. The van der Waals surface area contributed by atoms with Gasteiger partial charge in [0.25, 0.3) is 0 Å². The van der Waals surface area contributed by atoms with Crippen molar-refractivity contribution >= 4 is 5.69 Å². The molecule has 21 heavy (non-hydrogen) atoms. The highest BCUT2D eigenvalue weighted by atomic mass is 19.3. The summed E-state index contributed by atoms with van der Waals surface area (Å²) in [5.41, 5.74) is 0.765. The molecular formula is C15H13F4NO. The number of hydrogen-bond donors (Lipinski definition) is 1. The van der Waals surface area contributed by atoms with Crippen LogP contribution in [0.4, 0.5) is 23.2 Å². The van der Waals surface area contributed by atoms with Gasteiger partial charge in [-0.05, 0) is 36.8 Å². The molecule has 0 amide bonds. The highest BCUT2D eigenvalue weighted by Gasteiger charge is 2.11.